The van der Waals surface area contributed by atoms with Gasteiger partial charge in [-0.25, -0.2) is 9.98 Å². The largest absolute Gasteiger partial charge is 0.474 e. The Balaban J connectivity index is 2.00. The third kappa shape index (κ3) is 2.91. The smallest absolute Gasteiger partial charge is 0.235 e. The summed E-state index contributed by atoms with van der Waals surface area (Å²) in [6.45, 7) is 5.08. The van der Waals surface area contributed by atoms with Gasteiger partial charge in [-0.2, -0.15) is 0 Å². The van der Waals surface area contributed by atoms with Crippen LogP contribution in [0.2, 0.25) is 0 Å². The number of pyridine rings is 1. The maximum atomic E-state index is 12.7. The standard InChI is InChI=1S/C19H19N3O2S2/c1-11(2)26(23)19-16(20)15-13(12-6-4-3-5-7-12)10-14(22-18(15)25-19)17-21-8-9-24-17/h3-7,10-11H,8-9,20H2,1-2H3. The predicted molar refractivity (Wildman–Crippen MR) is 108 cm³/mol. The molecule has 3 aromatic rings. The van der Waals surface area contributed by atoms with Gasteiger partial charge in [-0.15, -0.1) is 11.3 Å². The van der Waals surface area contributed by atoms with E-state index in [0.29, 0.717) is 34.6 Å². The molecule has 1 atom stereocenters. The fourth-order valence-corrected chi connectivity index (χ4v) is 5.65. The molecule has 1 aliphatic heterocycles. The monoisotopic (exact) mass is 385 g/mol. The van der Waals surface area contributed by atoms with E-state index in [2.05, 4.69) is 4.99 Å². The van der Waals surface area contributed by atoms with Gasteiger partial charge in [0.05, 0.1) is 23.0 Å². The Hall–Kier alpha value is -2.25. The number of hydrogen-bond acceptors (Lipinski definition) is 6. The average molecular weight is 386 g/mol. The molecule has 0 bridgehead atoms. The highest BCUT2D eigenvalue weighted by Gasteiger charge is 2.23. The Bertz CT molecular complexity index is 1030. The molecule has 0 radical (unpaired) electrons. The molecule has 0 saturated carbocycles. The Labute approximate surface area is 158 Å². The summed E-state index contributed by atoms with van der Waals surface area (Å²) in [6.07, 6.45) is 0. The first-order valence-corrected chi connectivity index (χ1v) is 10.5. The zero-order valence-corrected chi connectivity index (χ0v) is 16.2. The molecule has 1 aromatic carbocycles. The number of benzene rings is 1. The normalized spacial score (nSPS) is 15.3. The Morgan fingerprint density at radius 2 is 2.04 bits per heavy atom. The summed E-state index contributed by atoms with van der Waals surface area (Å²) in [4.78, 5) is 9.87. The molecule has 0 amide bonds. The van der Waals surface area contributed by atoms with Gasteiger partial charge in [0.15, 0.2) is 0 Å². The highest BCUT2D eigenvalue weighted by molar-refractivity contribution is 7.88. The van der Waals surface area contributed by atoms with E-state index in [9.17, 15) is 4.21 Å². The number of fused-ring (bicyclic) bond motifs is 1. The molecule has 4 rings (SSSR count). The number of anilines is 1. The van der Waals surface area contributed by atoms with Crippen LogP contribution in [0.25, 0.3) is 21.3 Å². The summed E-state index contributed by atoms with van der Waals surface area (Å²) in [7, 11) is -1.16. The van der Waals surface area contributed by atoms with Gasteiger partial charge in [-0.3, -0.25) is 4.21 Å². The Morgan fingerprint density at radius 1 is 1.27 bits per heavy atom. The number of nitrogen functional groups attached to an aromatic ring is 1. The molecule has 134 valence electrons. The highest BCUT2D eigenvalue weighted by atomic mass is 32.2. The van der Waals surface area contributed by atoms with Crippen LogP contribution in [0, 0.1) is 0 Å². The highest BCUT2D eigenvalue weighted by Crippen LogP contribution is 2.42. The Morgan fingerprint density at radius 3 is 2.69 bits per heavy atom. The summed E-state index contributed by atoms with van der Waals surface area (Å²) in [5.74, 6) is 0.558. The maximum absolute atomic E-state index is 12.7. The van der Waals surface area contributed by atoms with Gasteiger partial charge in [-0.05, 0) is 17.2 Å². The SMILES string of the molecule is CC(C)S(=O)c1sc2nc(C3=NCCO3)cc(-c3ccccc3)c2c1N. The van der Waals surface area contributed by atoms with E-state index in [1.54, 1.807) is 0 Å². The number of ether oxygens (including phenoxy) is 1. The summed E-state index contributed by atoms with van der Waals surface area (Å²) in [5.41, 5.74) is 9.68. The number of rotatable bonds is 4. The molecular formula is C19H19N3O2S2. The van der Waals surface area contributed by atoms with Crippen LogP contribution in [0.4, 0.5) is 5.69 Å². The fourth-order valence-electron chi connectivity index (χ4n) is 2.91. The summed E-state index contributed by atoms with van der Waals surface area (Å²) in [6, 6.07) is 12.0. The van der Waals surface area contributed by atoms with Crippen molar-refractivity contribution in [3.8, 4) is 11.1 Å². The lowest BCUT2D eigenvalue weighted by atomic mass is 10.0. The first-order valence-electron chi connectivity index (χ1n) is 8.43. The van der Waals surface area contributed by atoms with Crippen LogP contribution < -0.4 is 5.73 Å². The molecule has 3 heterocycles. The van der Waals surface area contributed by atoms with Gasteiger partial charge >= 0.3 is 0 Å². The van der Waals surface area contributed by atoms with Gasteiger partial charge in [-0.1, -0.05) is 44.2 Å². The van der Waals surface area contributed by atoms with Gasteiger partial charge in [0, 0.05) is 10.6 Å². The van der Waals surface area contributed by atoms with Crippen LogP contribution in [0.5, 0.6) is 0 Å². The molecule has 2 aromatic heterocycles. The molecule has 5 nitrogen and oxygen atoms in total. The van der Waals surface area contributed by atoms with E-state index in [-0.39, 0.29) is 5.25 Å². The lowest BCUT2D eigenvalue weighted by Gasteiger charge is -2.08. The molecule has 1 aliphatic rings. The molecule has 2 N–H and O–H groups in total. The van der Waals surface area contributed by atoms with Gasteiger partial charge in [0.25, 0.3) is 0 Å². The second-order valence-corrected chi connectivity index (χ2v) is 9.49. The van der Waals surface area contributed by atoms with Gasteiger partial charge in [0.2, 0.25) is 5.90 Å². The molecule has 0 saturated heterocycles. The summed E-state index contributed by atoms with van der Waals surface area (Å²) < 4.78 is 19.0. The predicted octanol–water partition coefficient (Wildman–Crippen LogP) is 3.84. The summed E-state index contributed by atoms with van der Waals surface area (Å²) in [5, 5.41) is 0.847. The minimum absolute atomic E-state index is 0.00690. The second kappa shape index (κ2) is 6.81. The lowest BCUT2D eigenvalue weighted by molar-refractivity contribution is 0.347. The second-order valence-electron chi connectivity index (χ2n) is 6.29. The van der Waals surface area contributed by atoms with Crippen molar-refractivity contribution in [2.75, 3.05) is 18.9 Å². The minimum atomic E-state index is -1.16. The molecular weight excluding hydrogens is 366 g/mol. The van der Waals surface area contributed by atoms with E-state index in [1.165, 1.54) is 11.3 Å². The number of nitrogens with two attached hydrogens (primary N) is 1. The minimum Gasteiger partial charge on any atom is -0.474 e. The summed E-state index contributed by atoms with van der Waals surface area (Å²) >= 11 is 1.40. The quantitative estimate of drug-likeness (QED) is 0.740. The topological polar surface area (TPSA) is 77.6 Å². The van der Waals surface area contributed by atoms with Crippen LogP contribution in [-0.4, -0.2) is 33.5 Å². The molecule has 1 unspecified atom stereocenters. The zero-order chi connectivity index (χ0) is 18.3. The molecule has 0 fully saturated rings. The first-order chi connectivity index (χ1) is 12.6. The zero-order valence-electron chi connectivity index (χ0n) is 14.6. The van der Waals surface area contributed by atoms with Crippen LogP contribution in [0.3, 0.4) is 0 Å². The van der Waals surface area contributed by atoms with Crippen LogP contribution in [-0.2, 0) is 15.5 Å². The number of aliphatic imine (C=N–C) groups is 1. The maximum Gasteiger partial charge on any atom is 0.235 e. The number of nitrogens with zero attached hydrogens (tertiary/aromatic N) is 2. The first kappa shape index (κ1) is 17.2. The molecule has 0 spiro atoms. The van der Waals surface area contributed by atoms with E-state index in [1.807, 2.05) is 50.2 Å². The van der Waals surface area contributed by atoms with Crippen molar-refractivity contribution in [1.29, 1.82) is 0 Å². The van der Waals surface area contributed by atoms with Gasteiger partial charge in [0.1, 0.15) is 21.3 Å². The van der Waals surface area contributed by atoms with Crippen LogP contribution in [0.1, 0.15) is 19.5 Å². The number of hydrogen-bond donors (Lipinski definition) is 1. The van der Waals surface area contributed by atoms with E-state index < -0.39 is 10.8 Å². The van der Waals surface area contributed by atoms with Crippen molar-refractivity contribution in [3.63, 3.8) is 0 Å². The van der Waals surface area contributed by atoms with Crippen molar-refractivity contribution in [2.24, 2.45) is 4.99 Å². The Kier molecular flexibility index (Phi) is 4.50. The third-order valence-electron chi connectivity index (χ3n) is 4.17. The van der Waals surface area contributed by atoms with Crippen molar-refractivity contribution in [2.45, 2.75) is 23.3 Å². The van der Waals surface area contributed by atoms with E-state index in [0.717, 1.165) is 21.3 Å². The lowest BCUT2D eigenvalue weighted by Crippen LogP contribution is -2.06. The van der Waals surface area contributed by atoms with Crippen LogP contribution in [0.15, 0.2) is 45.6 Å². The van der Waals surface area contributed by atoms with E-state index >= 15 is 0 Å². The third-order valence-corrected chi connectivity index (χ3v) is 7.24. The molecule has 7 heteroatoms. The van der Waals surface area contributed by atoms with Crippen molar-refractivity contribution < 1.29 is 8.95 Å². The fraction of sp³-hybridized carbons (Fsp3) is 0.263. The number of thiophene rings is 1. The molecule has 26 heavy (non-hydrogen) atoms. The van der Waals surface area contributed by atoms with Crippen molar-refractivity contribution in [1.82, 2.24) is 4.98 Å². The molecule has 0 aliphatic carbocycles. The van der Waals surface area contributed by atoms with Gasteiger partial charge < -0.3 is 10.5 Å². The van der Waals surface area contributed by atoms with E-state index in [4.69, 9.17) is 15.5 Å². The van der Waals surface area contributed by atoms with Crippen LogP contribution >= 0.6 is 11.3 Å². The number of aromatic nitrogens is 1. The van der Waals surface area contributed by atoms with Crippen molar-refractivity contribution in [3.05, 3.63) is 42.1 Å². The average Bonchev–Trinajstić information content (AvgIpc) is 3.29. The van der Waals surface area contributed by atoms with Crippen molar-refractivity contribution >= 4 is 43.9 Å².